The zero-order valence-electron chi connectivity index (χ0n) is 18.0. The monoisotopic (exact) mass is 459 g/mol. The SMILES string of the molecule is O=C(CNc1cnc2ccc(C(=O)NCc3ccco3)cn2c1=O)NCC(=O)c1ccccc1. The van der Waals surface area contributed by atoms with Crippen LogP contribution >= 0.6 is 0 Å². The second kappa shape index (κ2) is 10.3. The first-order valence-electron chi connectivity index (χ1n) is 10.4. The van der Waals surface area contributed by atoms with E-state index >= 15 is 0 Å². The maximum absolute atomic E-state index is 12.8. The number of nitrogens with zero attached hydrogens (tertiary/aromatic N) is 2. The van der Waals surface area contributed by atoms with E-state index < -0.39 is 11.5 Å². The molecule has 0 aliphatic heterocycles. The van der Waals surface area contributed by atoms with E-state index in [0.717, 1.165) is 0 Å². The van der Waals surface area contributed by atoms with Crippen LogP contribution in [-0.2, 0) is 11.3 Å². The van der Waals surface area contributed by atoms with Gasteiger partial charge in [0.25, 0.3) is 11.5 Å². The molecule has 172 valence electrons. The Labute approximate surface area is 193 Å². The van der Waals surface area contributed by atoms with E-state index in [2.05, 4.69) is 20.9 Å². The summed E-state index contributed by atoms with van der Waals surface area (Å²) in [7, 11) is 0. The number of fused-ring (bicyclic) bond motifs is 1. The molecule has 0 saturated heterocycles. The third kappa shape index (κ3) is 5.36. The molecule has 0 fully saturated rings. The molecule has 0 aliphatic rings. The predicted molar refractivity (Wildman–Crippen MR) is 124 cm³/mol. The number of carbonyl (C=O) groups is 3. The third-order valence-electron chi connectivity index (χ3n) is 4.95. The van der Waals surface area contributed by atoms with Crippen LogP contribution in [0.3, 0.4) is 0 Å². The normalized spacial score (nSPS) is 10.6. The van der Waals surface area contributed by atoms with E-state index in [9.17, 15) is 19.2 Å². The summed E-state index contributed by atoms with van der Waals surface area (Å²) in [5.41, 5.74) is 0.707. The number of furan rings is 1. The fourth-order valence-electron chi connectivity index (χ4n) is 3.16. The summed E-state index contributed by atoms with van der Waals surface area (Å²) >= 11 is 0. The first-order valence-corrected chi connectivity index (χ1v) is 10.4. The Morgan fingerprint density at radius 1 is 0.912 bits per heavy atom. The Kier molecular flexibility index (Phi) is 6.78. The van der Waals surface area contributed by atoms with Crippen molar-refractivity contribution in [3.05, 3.63) is 100 Å². The van der Waals surface area contributed by atoms with Crippen LogP contribution in [0.4, 0.5) is 5.69 Å². The van der Waals surface area contributed by atoms with Crippen LogP contribution in [0.5, 0.6) is 0 Å². The largest absolute Gasteiger partial charge is 0.467 e. The molecule has 0 bridgehead atoms. The maximum atomic E-state index is 12.8. The van der Waals surface area contributed by atoms with Crippen molar-refractivity contribution in [2.45, 2.75) is 6.54 Å². The van der Waals surface area contributed by atoms with Gasteiger partial charge in [-0.1, -0.05) is 30.3 Å². The molecule has 0 radical (unpaired) electrons. The zero-order chi connectivity index (χ0) is 23.9. The predicted octanol–water partition coefficient (Wildman–Crippen LogP) is 1.63. The van der Waals surface area contributed by atoms with Gasteiger partial charge in [0, 0.05) is 11.8 Å². The molecule has 10 heteroatoms. The van der Waals surface area contributed by atoms with Crippen LogP contribution in [0.15, 0.2) is 82.5 Å². The molecule has 34 heavy (non-hydrogen) atoms. The number of Topliss-reactive ketones (excluding diaryl/α,β-unsaturated/α-hetero) is 1. The number of amides is 2. The number of hydrogen-bond acceptors (Lipinski definition) is 7. The summed E-state index contributed by atoms with van der Waals surface area (Å²) in [6.07, 6.45) is 4.21. The number of aromatic nitrogens is 2. The molecule has 4 rings (SSSR count). The minimum absolute atomic E-state index is 0.0789. The Bertz CT molecular complexity index is 1380. The van der Waals surface area contributed by atoms with Crippen molar-refractivity contribution in [2.75, 3.05) is 18.4 Å². The fourth-order valence-corrected chi connectivity index (χ4v) is 3.16. The molecule has 10 nitrogen and oxygen atoms in total. The third-order valence-corrected chi connectivity index (χ3v) is 4.95. The first kappa shape index (κ1) is 22.5. The molecule has 3 heterocycles. The van der Waals surface area contributed by atoms with E-state index in [1.807, 2.05) is 0 Å². The van der Waals surface area contributed by atoms with Gasteiger partial charge >= 0.3 is 0 Å². The van der Waals surface area contributed by atoms with Crippen molar-refractivity contribution in [1.29, 1.82) is 0 Å². The van der Waals surface area contributed by atoms with Crippen molar-refractivity contribution in [2.24, 2.45) is 0 Å². The van der Waals surface area contributed by atoms with Gasteiger partial charge in [0.2, 0.25) is 5.91 Å². The Balaban J connectivity index is 1.38. The molecule has 0 unspecified atom stereocenters. The summed E-state index contributed by atoms with van der Waals surface area (Å²) in [5.74, 6) is -0.465. The molecular formula is C24H21N5O5. The fraction of sp³-hybridized carbons (Fsp3) is 0.125. The molecule has 3 aromatic heterocycles. The highest BCUT2D eigenvalue weighted by Gasteiger charge is 2.12. The van der Waals surface area contributed by atoms with Gasteiger partial charge in [-0.05, 0) is 24.3 Å². The van der Waals surface area contributed by atoms with Gasteiger partial charge < -0.3 is 20.4 Å². The number of pyridine rings is 1. The number of carbonyl (C=O) groups excluding carboxylic acids is 3. The number of rotatable bonds is 9. The second-order valence-electron chi connectivity index (χ2n) is 7.30. The minimum atomic E-state index is -0.473. The summed E-state index contributed by atoms with van der Waals surface area (Å²) in [6.45, 7) is -0.176. The highest BCUT2D eigenvalue weighted by Crippen LogP contribution is 2.07. The number of ketones is 1. The Hall–Kier alpha value is -4.73. The van der Waals surface area contributed by atoms with Crippen molar-refractivity contribution in [3.8, 4) is 0 Å². The molecular weight excluding hydrogens is 438 g/mol. The van der Waals surface area contributed by atoms with Crippen molar-refractivity contribution >= 4 is 28.9 Å². The van der Waals surface area contributed by atoms with E-state index in [-0.39, 0.29) is 42.6 Å². The van der Waals surface area contributed by atoms with Crippen molar-refractivity contribution in [3.63, 3.8) is 0 Å². The van der Waals surface area contributed by atoms with Crippen molar-refractivity contribution < 1.29 is 18.8 Å². The molecule has 0 atom stereocenters. The topological polar surface area (TPSA) is 135 Å². The standard InChI is InChI=1S/C24H21N5O5/c30-20(16-5-2-1-3-6-16)13-27-22(31)14-25-19-12-26-21-9-8-17(15-29(21)24(19)33)23(32)28-11-18-7-4-10-34-18/h1-10,12,15,25H,11,13-14H2,(H,27,31)(H,28,32). The van der Waals surface area contributed by atoms with E-state index in [1.54, 1.807) is 54.6 Å². The van der Waals surface area contributed by atoms with Gasteiger partial charge in [0.1, 0.15) is 17.1 Å². The lowest BCUT2D eigenvalue weighted by molar-refractivity contribution is -0.119. The quantitative estimate of drug-likeness (QED) is 0.324. The Morgan fingerprint density at radius 2 is 1.74 bits per heavy atom. The van der Waals surface area contributed by atoms with Crippen LogP contribution in [0, 0.1) is 0 Å². The van der Waals surface area contributed by atoms with Crippen LogP contribution in [-0.4, -0.2) is 40.1 Å². The first-order chi connectivity index (χ1) is 16.5. The van der Waals surface area contributed by atoms with E-state index in [1.165, 1.54) is 23.1 Å². The summed E-state index contributed by atoms with van der Waals surface area (Å²) < 4.78 is 6.41. The number of nitrogens with one attached hydrogen (secondary N) is 3. The minimum Gasteiger partial charge on any atom is -0.467 e. The van der Waals surface area contributed by atoms with Crippen LogP contribution < -0.4 is 21.5 Å². The van der Waals surface area contributed by atoms with E-state index in [4.69, 9.17) is 4.42 Å². The molecule has 0 spiro atoms. The lowest BCUT2D eigenvalue weighted by Gasteiger charge is -2.09. The van der Waals surface area contributed by atoms with Gasteiger partial charge in [-0.2, -0.15) is 0 Å². The number of hydrogen-bond donors (Lipinski definition) is 3. The highest BCUT2D eigenvalue weighted by molar-refractivity contribution is 5.99. The smallest absolute Gasteiger partial charge is 0.281 e. The lowest BCUT2D eigenvalue weighted by atomic mass is 10.1. The summed E-state index contributed by atoms with van der Waals surface area (Å²) in [5, 5.41) is 7.96. The number of benzene rings is 1. The van der Waals surface area contributed by atoms with Crippen molar-refractivity contribution in [1.82, 2.24) is 20.0 Å². The van der Waals surface area contributed by atoms with E-state index in [0.29, 0.717) is 17.0 Å². The zero-order valence-corrected chi connectivity index (χ0v) is 18.0. The van der Waals surface area contributed by atoms with Gasteiger partial charge in [0.05, 0.1) is 37.7 Å². The molecule has 2 amide bonds. The van der Waals surface area contributed by atoms with Gasteiger partial charge in [-0.15, -0.1) is 0 Å². The maximum Gasteiger partial charge on any atom is 0.281 e. The average molecular weight is 459 g/mol. The molecule has 4 aromatic rings. The van der Waals surface area contributed by atoms with Gasteiger partial charge in [-0.3, -0.25) is 23.6 Å². The molecule has 0 saturated carbocycles. The summed E-state index contributed by atoms with van der Waals surface area (Å²) in [4.78, 5) is 53.7. The lowest BCUT2D eigenvalue weighted by Crippen LogP contribution is -2.35. The average Bonchev–Trinajstić information content (AvgIpc) is 3.39. The van der Waals surface area contributed by atoms with Gasteiger partial charge in [0.15, 0.2) is 5.78 Å². The van der Waals surface area contributed by atoms with Crippen LogP contribution in [0.25, 0.3) is 5.65 Å². The Morgan fingerprint density at radius 3 is 2.50 bits per heavy atom. The highest BCUT2D eigenvalue weighted by atomic mass is 16.3. The molecule has 0 aliphatic carbocycles. The van der Waals surface area contributed by atoms with Crippen LogP contribution in [0.2, 0.25) is 0 Å². The number of anilines is 1. The second-order valence-corrected chi connectivity index (χ2v) is 7.30. The van der Waals surface area contributed by atoms with Crippen LogP contribution in [0.1, 0.15) is 26.5 Å². The summed E-state index contributed by atoms with van der Waals surface area (Å²) in [6, 6.07) is 15.2. The van der Waals surface area contributed by atoms with Gasteiger partial charge in [-0.25, -0.2) is 4.98 Å². The molecule has 3 N–H and O–H groups in total. The molecule has 1 aromatic carbocycles.